The molecule has 2 rings (SSSR count). The summed E-state index contributed by atoms with van der Waals surface area (Å²) in [5.74, 6) is 0. The quantitative estimate of drug-likeness (QED) is 0.128. The zero-order chi connectivity index (χ0) is 26.2. The lowest BCUT2D eigenvalue weighted by Crippen LogP contribution is -2.35. The van der Waals surface area contributed by atoms with Crippen molar-refractivity contribution < 1.29 is 31.9 Å². The number of methoxy groups -OCH3 is 1. The SMILES string of the molecule is CCCCCCCCCC[C@@H](OCOC)[C@H]1CC[C@@H]([C@H](CCCO)OS(=O)(=O)c2ccc(C)cc2)O1. The number of rotatable bonds is 20. The molecular formula is C28H48O7S. The molecule has 0 unspecified atom stereocenters. The Hall–Kier alpha value is -1.03. The van der Waals surface area contributed by atoms with Gasteiger partial charge in [0.2, 0.25) is 0 Å². The summed E-state index contributed by atoms with van der Waals surface area (Å²) < 4.78 is 49.0. The fourth-order valence-corrected chi connectivity index (χ4v) is 5.89. The predicted octanol–water partition coefficient (Wildman–Crippen LogP) is 5.91. The third-order valence-electron chi connectivity index (χ3n) is 6.86. The van der Waals surface area contributed by atoms with Crippen LogP contribution in [0, 0.1) is 6.92 Å². The first-order chi connectivity index (χ1) is 17.4. The highest BCUT2D eigenvalue weighted by Gasteiger charge is 2.38. The second kappa shape index (κ2) is 17.5. The number of aryl methyl sites for hydroxylation is 1. The van der Waals surface area contributed by atoms with E-state index in [9.17, 15) is 13.5 Å². The van der Waals surface area contributed by atoms with Gasteiger partial charge in [-0.1, -0.05) is 76.0 Å². The number of unbranched alkanes of at least 4 members (excludes halogenated alkanes) is 7. The first kappa shape index (κ1) is 31.2. The summed E-state index contributed by atoms with van der Waals surface area (Å²) in [6.45, 7) is 4.32. The van der Waals surface area contributed by atoms with Gasteiger partial charge in [0.15, 0.2) is 0 Å². The maximum Gasteiger partial charge on any atom is 0.297 e. The molecule has 0 aromatic heterocycles. The minimum absolute atomic E-state index is 0.0292. The molecule has 8 heteroatoms. The average molecular weight is 529 g/mol. The Balaban J connectivity index is 1.93. The molecule has 1 aromatic rings. The van der Waals surface area contributed by atoms with Gasteiger partial charge >= 0.3 is 0 Å². The van der Waals surface area contributed by atoms with E-state index >= 15 is 0 Å². The van der Waals surface area contributed by atoms with Gasteiger partial charge in [0.1, 0.15) is 12.9 Å². The molecule has 1 aromatic carbocycles. The van der Waals surface area contributed by atoms with Crippen molar-refractivity contribution >= 4 is 10.1 Å². The molecule has 0 spiro atoms. The largest absolute Gasteiger partial charge is 0.396 e. The van der Waals surface area contributed by atoms with Crippen molar-refractivity contribution in [2.45, 2.75) is 127 Å². The van der Waals surface area contributed by atoms with E-state index in [1.54, 1.807) is 31.4 Å². The van der Waals surface area contributed by atoms with Crippen molar-refractivity contribution in [3.8, 4) is 0 Å². The number of ether oxygens (including phenoxy) is 3. The van der Waals surface area contributed by atoms with Gasteiger partial charge < -0.3 is 19.3 Å². The van der Waals surface area contributed by atoms with Crippen molar-refractivity contribution in [1.29, 1.82) is 0 Å². The lowest BCUT2D eigenvalue weighted by Gasteiger charge is -2.27. The van der Waals surface area contributed by atoms with Crippen molar-refractivity contribution in [1.82, 2.24) is 0 Å². The smallest absolute Gasteiger partial charge is 0.297 e. The second-order valence-corrected chi connectivity index (χ2v) is 11.5. The molecule has 1 aliphatic rings. The summed E-state index contributed by atoms with van der Waals surface area (Å²) >= 11 is 0. The molecule has 1 fully saturated rings. The standard InChI is InChI=1S/C28H48O7S/c1-4-5-6-7-8-9-10-11-13-25(33-22-32-3)26-19-20-27(34-26)28(14-12-21-29)35-36(30,31)24-17-15-23(2)16-18-24/h15-18,25-29H,4-14,19-22H2,1-3H3/t25-,26-,27+,28+/m1/s1. The molecule has 0 bridgehead atoms. The molecule has 208 valence electrons. The number of aliphatic hydroxyl groups is 1. The topological polar surface area (TPSA) is 91.3 Å². The summed E-state index contributed by atoms with van der Waals surface area (Å²) in [4.78, 5) is 0.132. The Labute approximate surface area is 219 Å². The Morgan fingerprint density at radius 2 is 1.50 bits per heavy atom. The molecule has 4 atom stereocenters. The number of benzene rings is 1. The summed E-state index contributed by atoms with van der Waals surface area (Å²) in [5, 5.41) is 9.36. The third kappa shape index (κ3) is 11.2. The van der Waals surface area contributed by atoms with Crippen molar-refractivity contribution in [2.75, 3.05) is 20.5 Å². The van der Waals surface area contributed by atoms with Gasteiger partial charge in [-0.05, 0) is 51.2 Å². The lowest BCUT2D eigenvalue weighted by atomic mass is 10.0. The Kier molecular flexibility index (Phi) is 15.1. The van der Waals surface area contributed by atoms with E-state index in [0.29, 0.717) is 19.3 Å². The minimum atomic E-state index is -3.94. The van der Waals surface area contributed by atoms with Gasteiger partial charge in [-0.15, -0.1) is 0 Å². The van der Waals surface area contributed by atoms with Crippen LogP contribution in [-0.2, 0) is 28.5 Å². The molecule has 0 amide bonds. The molecule has 1 heterocycles. The monoisotopic (exact) mass is 528 g/mol. The molecule has 0 radical (unpaired) electrons. The highest BCUT2D eigenvalue weighted by atomic mass is 32.2. The molecule has 1 N–H and O–H groups in total. The van der Waals surface area contributed by atoms with Crippen LogP contribution in [0.5, 0.6) is 0 Å². The van der Waals surface area contributed by atoms with Crippen LogP contribution < -0.4 is 0 Å². The Morgan fingerprint density at radius 3 is 2.11 bits per heavy atom. The Bertz CT molecular complexity index is 797. The van der Waals surface area contributed by atoms with E-state index in [-0.39, 0.29) is 36.6 Å². The zero-order valence-corrected chi connectivity index (χ0v) is 23.3. The van der Waals surface area contributed by atoms with Gasteiger partial charge in [-0.25, -0.2) is 0 Å². The van der Waals surface area contributed by atoms with Gasteiger partial charge in [0.05, 0.1) is 23.2 Å². The lowest BCUT2D eigenvalue weighted by molar-refractivity contribution is -0.136. The van der Waals surface area contributed by atoms with E-state index < -0.39 is 16.2 Å². The van der Waals surface area contributed by atoms with Crippen LogP contribution in [0.1, 0.15) is 96.0 Å². The van der Waals surface area contributed by atoms with E-state index in [4.69, 9.17) is 18.4 Å². The van der Waals surface area contributed by atoms with E-state index in [1.165, 1.54) is 44.9 Å². The number of hydrogen-bond acceptors (Lipinski definition) is 7. The molecule has 7 nitrogen and oxygen atoms in total. The maximum atomic E-state index is 12.9. The maximum absolute atomic E-state index is 12.9. The molecule has 0 aliphatic carbocycles. The van der Waals surface area contributed by atoms with Crippen LogP contribution in [0.15, 0.2) is 29.2 Å². The predicted molar refractivity (Wildman–Crippen MR) is 141 cm³/mol. The van der Waals surface area contributed by atoms with Crippen molar-refractivity contribution in [3.63, 3.8) is 0 Å². The first-order valence-corrected chi connectivity index (χ1v) is 15.2. The Morgan fingerprint density at radius 1 is 0.917 bits per heavy atom. The minimum Gasteiger partial charge on any atom is -0.396 e. The van der Waals surface area contributed by atoms with E-state index in [2.05, 4.69) is 6.92 Å². The third-order valence-corrected chi connectivity index (χ3v) is 8.21. The van der Waals surface area contributed by atoms with Gasteiger partial charge in [0.25, 0.3) is 10.1 Å². The molecular weight excluding hydrogens is 480 g/mol. The summed E-state index contributed by atoms with van der Waals surface area (Å²) in [6.07, 6.45) is 12.0. The molecule has 1 saturated heterocycles. The van der Waals surface area contributed by atoms with Crippen LogP contribution >= 0.6 is 0 Å². The van der Waals surface area contributed by atoms with Gasteiger partial charge in [-0.3, -0.25) is 4.18 Å². The fourth-order valence-electron chi connectivity index (χ4n) is 4.76. The highest BCUT2D eigenvalue weighted by molar-refractivity contribution is 7.86. The van der Waals surface area contributed by atoms with Crippen molar-refractivity contribution in [2.24, 2.45) is 0 Å². The average Bonchev–Trinajstić information content (AvgIpc) is 3.35. The van der Waals surface area contributed by atoms with Crippen LogP contribution in [-0.4, -0.2) is 58.4 Å². The van der Waals surface area contributed by atoms with Crippen LogP contribution in [0.3, 0.4) is 0 Å². The molecule has 0 saturated carbocycles. The van der Waals surface area contributed by atoms with E-state index in [1.807, 2.05) is 6.92 Å². The van der Waals surface area contributed by atoms with Gasteiger partial charge in [0, 0.05) is 13.7 Å². The molecule has 1 aliphatic heterocycles. The van der Waals surface area contributed by atoms with Gasteiger partial charge in [-0.2, -0.15) is 8.42 Å². The van der Waals surface area contributed by atoms with E-state index in [0.717, 1.165) is 24.8 Å². The summed E-state index contributed by atoms with van der Waals surface area (Å²) in [5.41, 5.74) is 0.978. The van der Waals surface area contributed by atoms with Crippen molar-refractivity contribution in [3.05, 3.63) is 29.8 Å². The number of aliphatic hydroxyl groups excluding tert-OH is 1. The number of hydrogen-bond donors (Lipinski definition) is 1. The normalized spacial score (nSPS) is 20.0. The zero-order valence-electron chi connectivity index (χ0n) is 22.5. The second-order valence-electron chi connectivity index (χ2n) is 9.93. The fraction of sp³-hybridized carbons (Fsp3) is 0.786. The van der Waals surface area contributed by atoms with Crippen LogP contribution in [0.25, 0.3) is 0 Å². The molecule has 36 heavy (non-hydrogen) atoms. The van der Waals surface area contributed by atoms with Crippen LogP contribution in [0.4, 0.5) is 0 Å². The first-order valence-electron chi connectivity index (χ1n) is 13.8. The summed E-state index contributed by atoms with van der Waals surface area (Å²) in [7, 11) is -2.33. The highest BCUT2D eigenvalue weighted by Crippen LogP contribution is 2.32. The van der Waals surface area contributed by atoms with Crippen LogP contribution in [0.2, 0.25) is 0 Å². The summed E-state index contributed by atoms with van der Waals surface area (Å²) in [6, 6.07) is 6.63.